The highest BCUT2D eigenvalue weighted by atomic mass is 79.9. The molecule has 1 amide bonds. The van der Waals surface area contributed by atoms with Crippen LogP contribution in [-0.4, -0.2) is 22.7 Å². The van der Waals surface area contributed by atoms with Gasteiger partial charge in [0.25, 0.3) is 5.91 Å². The van der Waals surface area contributed by atoms with Crippen molar-refractivity contribution in [2.75, 3.05) is 11.9 Å². The van der Waals surface area contributed by atoms with Crippen molar-refractivity contribution in [1.29, 1.82) is 0 Å². The van der Waals surface area contributed by atoms with E-state index in [9.17, 15) is 4.79 Å². The molecule has 1 aromatic carbocycles. The van der Waals surface area contributed by atoms with Crippen molar-refractivity contribution in [2.24, 2.45) is 0 Å². The molecule has 0 bridgehead atoms. The van der Waals surface area contributed by atoms with Crippen LogP contribution in [0.1, 0.15) is 25.5 Å². The van der Waals surface area contributed by atoms with Gasteiger partial charge in [0.05, 0.1) is 4.47 Å². The maximum Gasteiger partial charge on any atom is 0.263 e. The van der Waals surface area contributed by atoms with Crippen molar-refractivity contribution >= 4 is 39.3 Å². The number of ether oxygens (including phenoxy) is 1. The van der Waals surface area contributed by atoms with E-state index in [1.807, 2.05) is 13.8 Å². The standard InChI is InChI=1S/C14H15BrClN3O2/c1-8(2)11-6-13(19-18-11)17-14(20)7-21-12-4-3-9(16)5-10(12)15/h3-6,8H,7H2,1-2H3,(H2,17,18,19,20). The summed E-state index contributed by atoms with van der Waals surface area (Å²) in [4.78, 5) is 11.8. The Kier molecular flexibility index (Phi) is 5.25. The number of anilines is 1. The fourth-order valence-electron chi connectivity index (χ4n) is 1.61. The number of carbonyl (C=O) groups is 1. The molecule has 2 N–H and O–H groups in total. The monoisotopic (exact) mass is 371 g/mol. The van der Waals surface area contributed by atoms with Crippen molar-refractivity contribution in [3.8, 4) is 5.75 Å². The van der Waals surface area contributed by atoms with Gasteiger partial charge >= 0.3 is 0 Å². The van der Waals surface area contributed by atoms with Gasteiger partial charge in [-0.2, -0.15) is 5.10 Å². The maximum absolute atomic E-state index is 11.8. The molecule has 0 saturated carbocycles. The summed E-state index contributed by atoms with van der Waals surface area (Å²) in [5.74, 6) is 1.09. The van der Waals surface area contributed by atoms with E-state index in [1.54, 1.807) is 24.3 Å². The van der Waals surface area contributed by atoms with Crippen LogP contribution in [-0.2, 0) is 4.79 Å². The number of benzene rings is 1. The Labute approximate surface area is 136 Å². The van der Waals surface area contributed by atoms with Gasteiger partial charge in [0.1, 0.15) is 5.75 Å². The SMILES string of the molecule is CC(C)c1cc(NC(=O)COc2ccc(Cl)cc2Br)n[nH]1. The zero-order chi connectivity index (χ0) is 15.4. The molecule has 0 unspecified atom stereocenters. The third kappa shape index (κ3) is 4.47. The fraction of sp³-hybridized carbons (Fsp3) is 0.286. The van der Waals surface area contributed by atoms with Crippen LogP contribution in [0.25, 0.3) is 0 Å². The molecule has 5 nitrogen and oxygen atoms in total. The van der Waals surface area contributed by atoms with Crippen LogP contribution < -0.4 is 10.1 Å². The van der Waals surface area contributed by atoms with Gasteiger partial charge in [-0.1, -0.05) is 25.4 Å². The highest BCUT2D eigenvalue weighted by molar-refractivity contribution is 9.10. The zero-order valence-corrected chi connectivity index (χ0v) is 14.0. The summed E-state index contributed by atoms with van der Waals surface area (Å²) < 4.78 is 6.12. The van der Waals surface area contributed by atoms with E-state index in [2.05, 4.69) is 31.4 Å². The van der Waals surface area contributed by atoms with Crippen LogP contribution >= 0.6 is 27.5 Å². The third-order valence-electron chi connectivity index (χ3n) is 2.74. The number of hydrogen-bond donors (Lipinski definition) is 2. The van der Waals surface area contributed by atoms with Crippen molar-refractivity contribution in [1.82, 2.24) is 10.2 Å². The minimum absolute atomic E-state index is 0.107. The molecule has 0 aliphatic rings. The quantitative estimate of drug-likeness (QED) is 0.834. The molecule has 0 aliphatic heterocycles. The number of aromatic amines is 1. The van der Waals surface area contributed by atoms with E-state index >= 15 is 0 Å². The molecule has 112 valence electrons. The molecular formula is C14H15BrClN3O2. The Balaban J connectivity index is 1.89. The van der Waals surface area contributed by atoms with Crippen LogP contribution in [0.15, 0.2) is 28.7 Å². The number of aromatic nitrogens is 2. The molecular weight excluding hydrogens is 358 g/mol. The Morgan fingerprint density at radius 1 is 1.48 bits per heavy atom. The second kappa shape index (κ2) is 6.95. The molecule has 0 aliphatic carbocycles. The number of amides is 1. The Morgan fingerprint density at radius 3 is 2.86 bits per heavy atom. The van der Waals surface area contributed by atoms with Gasteiger partial charge in [-0.15, -0.1) is 0 Å². The molecule has 1 heterocycles. The lowest BCUT2D eigenvalue weighted by molar-refractivity contribution is -0.118. The lowest BCUT2D eigenvalue weighted by Gasteiger charge is -2.07. The van der Waals surface area contributed by atoms with Crippen LogP contribution in [0.5, 0.6) is 5.75 Å². The van der Waals surface area contributed by atoms with Crippen LogP contribution in [0, 0.1) is 0 Å². The largest absolute Gasteiger partial charge is 0.483 e. The summed E-state index contributed by atoms with van der Waals surface area (Å²) in [7, 11) is 0. The van der Waals surface area contributed by atoms with Gasteiger partial charge in [0.2, 0.25) is 0 Å². The molecule has 2 aromatic rings. The van der Waals surface area contributed by atoms with Crippen molar-refractivity contribution in [3.05, 3.63) is 39.5 Å². The Bertz CT molecular complexity index is 643. The number of nitrogens with one attached hydrogen (secondary N) is 2. The maximum atomic E-state index is 11.8. The highest BCUT2D eigenvalue weighted by Gasteiger charge is 2.10. The first kappa shape index (κ1) is 15.9. The predicted octanol–water partition coefficient (Wildman–Crippen LogP) is 3.97. The molecule has 1 aromatic heterocycles. The zero-order valence-electron chi connectivity index (χ0n) is 11.6. The van der Waals surface area contributed by atoms with Crippen molar-refractivity contribution in [3.63, 3.8) is 0 Å². The van der Waals surface area contributed by atoms with Gasteiger partial charge in [-0.3, -0.25) is 9.89 Å². The first-order valence-electron chi connectivity index (χ1n) is 6.38. The number of nitrogens with zero attached hydrogens (tertiary/aromatic N) is 1. The van der Waals surface area contributed by atoms with Gasteiger partial charge in [-0.25, -0.2) is 0 Å². The predicted molar refractivity (Wildman–Crippen MR) is 86.0 cm³/mol. The molecule has 0 atom stereocenters. The van der Waals surface area contributed by atoms with Crippen LogP contribution in [0.3, 0.4) is 0 Å². The molecule has 0 fully saturated rings. The molecule has 2 rings (SSSR count). The number of halogens is 2. The average molecular weight is 373 g/mol. The number of hydrogen-bond acceptors (Lipinski definition) is 3. The summed E-state index contributed by atoms with van der Waals surface area (Å²) in [5.41, 5.74) is 0.965. The van der Waals surface area contributed by atoms with E-state index in [-0.39, 0.29) is 12.5 Å². The van der Waals surface area contributed by atoms with E-state index in [1.165, 1.54) is 0 Å². The average Bonchev–Trinajstić information content (AvgIpc) is 2.86. The summed E-state index contributed by atoms with van der Waals surface area (Å²) in [6.45, 7) is 3.98. The minimum atomic E-state index is -0.279. The summed E-state index contributed by atoms with van der Waals surface area (Å²) >= 11 is 9.16. The second-order valence-corrected chi connectivity index (χ2v) is 6.07. The topological polar surface area (TPSA) is 67.0 Å². The van der Waals surface area contributed by atoms with E-state index in [0.29, 0.717) is 27.0 Å². The molecule has 0 spiro atoms. The number of rotatable bonds is 5. The Hall–Kier alpha value is -1.53. The second-order valence-electron chi connectivity index (χ2n) is 4.77. The van der Waals surface area contributed by atoms with E-state index in [0.717, 1.165) is 5.69 Å². The number of carbonyl (C=O) groups excluding carboxylic acids is 1. The third-order valence-corrected chi connectivity index (χ3v) is 3.59. The summed E-state index contributed by atoms with van der Waals surface area (Å²) in [6, 6.07) is 6.91. The minimum Gasteiger partial charge on any atom is -0.483 e. The highest BCUT2D eigenvalue weighted by Crippen LogP contribution is 2.27. The van der Waals surface area contributed by atoms with Gasteiger partial charge in [-0.05, 0) is 40.0 Å². The van der Waals surface area contributed by atoms with Crippen LogP contribution in [0.4, 0.5) is 5.82 Å². The molecule has 21 heavy (non-hydrogen) atoms. The normalized spacial score (nSPS) is 10.7. The van der Waals surface area contributed by atoms with E-state index in [4.69, 9.17) is 16.3 Å². The van der Waals surface area contributed by atoms with Gasteiger partial charge in [0, 0.05) is 16.8 Å². The first-order valence-corrected chi connectivity index (χ1v) is 7.56. The Morgan fingerprint density at radius 2 is 2.24 bits per heavy atom. The number of H-pyrrole nitrogens is 1. The lowest BCUT2D eigenvalue weighted by atomic mass is 10.1. The first-order chi connectivity index (χ1) is 9.95. The van der Waals surface area contributed by atoms with Gasteiger partial charge in [0.15, 0.2) is 12.4 Å². The van der Waals surface area contributed by atoms with Crippen LogP contribution in [0.2, 0.25) is 5.02 Å². The molecule has 0 radical (unpaired) electrons. The molecule has 0 saturated heterocycles. The van der Waals surface area contributed by atoms with Crippen molar-refractivity contribution in [2.45, 2.75) is 19.8 Å². The smallest absolute Gasteiger partial charge is 0.263 e. The van der Waals surface area contributed by atoms with Crippen molar-refractivity contribution < 1.29 is 9.53 Å². The summed E-state index contributed by atoms with van der Waals surface area (Å²) in [5, 5.41) is 10.2. The molecule has 7 heteroatoms. The fourth-order valence-corrected chi connectivity index (χ4v) is 2.41. The van der Waals surface area contributed by atoms with E-state index < -0.39 is 0 Å². The lowest BCUT2D eigenvalue weighted by Crippen LogP contribution is -2.20. The summed E-state index contributed by atoms with van der Waals surface area (Å²) in [6.07, 6.45) is 0. The van der Waals surface area contributed by atoms with Gasteiger partial charge < -0.3 is 10.1 Å².